The van der Waals surface area contributed by atoms with E-state index < -0.39 is 103 Å². The standard InChI is InChI=1S/C50H65N5O14/c1-34(2)44(46(60)51-41(29-38-20-14-9-15-21-38)45(59)52-48(62)54-24-26-64-27-25-54)55(53-49(63)69-50(4,5)6)47(61)39(28-37-18-12-8-13-19-37)30-40(23-22-36-16-10-7-11-17-36)68-43(58)32-65-31-42(57)67-33-66-35(3)56/h7-21,34,39-41,44H,22-33H2,1-6H3,(H,51,60)(H,53,63)(H,52,59,62)/t39?,40-,41?,44?/m0/s1. The van der Waals surface area contributed by atoms with Crippen LogP contribution in [0.4, 0.5) is 9.59 Å². The lowest BCUT2D eigenvalue weighted by molar-refractivity contribution is -0.170. The van der Waals surface area contributed by atoms with Gasteiger partial charge in [0.2, 0.25) is 18.6 Å². The van der Waals surface area contributed by atoms with Gasteiger partial charge in [-0.1, -0.05) is 105 Å². The Bertz CT molecular complexity index is 2150. The highest BCUT2D eigenvalue weighted by Gasteiger charge is 2.41. The molecule has 3 aromatic carbocycles. The number of nitrogens with zero attached hydrogens (tertiary/aromatic N) is 2. The van der Waals surface area contributed by atoms with E-state index in [1.54, 1.807) is 77.1 Å². The summed E-state index contributed by atoms with van der Waals surface area (Å²) in [4.78, 5) is 109. The van der Waals surface area contributed by atoms with Crippen LogP contribution in [0.25, 0.3) is 0 Å². The molecule has 19 nitrogen and oxygen atoms in total. The first-order chi connectivity index (χ1) is 32.9. The molecule has 0 radical (unpaired) electrons. The molecule has 19 heteroatoms. The SMILES string of the molecule is CC(=O)OCOC(=O)COCC(=O)O[C@@H](CCc1ccccc1)CC(Cc1ccccc1)C(=O)N(NC(=O)OC(C)(C)C)C(C(=O)NC(Cc1ccccc1)C(=O)NC(=O)N1CCOCC1)C(C)C. The van der Waals surface area contributed by atoms with Crippen molar-refractivity contribution in [2.45, 2.75) is 97.4 Å². The third-order valence-electron chi connectivity index (χ3n) is 10.5. The molecule has 3 aromatic rings. The first kappa shape index (κ1) is 54.7. The number of amides is 6. The highest BCUT2D eigenvalue weighted by atomic mass is 16.7. The number of morpholine rings is 1. The quantitative estimate of drug-likeness (QED) is 0.0547. The van der Waals surface area contributed by atoms with E-state index >= 15 is 4.79 Å². The van der Waals surface area contributed by atoms with E-state index in [0.29, 0.717) is 30.8 Å². The summed E-state index contributed by atoms with van der Waals surface area (Å²) >= 11 is 0. The molecule has 0 bridgehead atoms. The minimum Gasteiger partial charge on any atom is -0.461 e. The zero-order chi connectivity index (χ0) is 50.3. The monoisotopic (exact) mass is 959 g/mol. The number of hydrogen-bond donors (Lipinski definition) is 3. The molecule has 3 N–H and O–H groups in total. The Balaban J connectivity index is 1.69. The Kier molecular flexibility index (Phi) is 22.1. The number of hydrogen-bond acceptors (Lipinski definition) is 14. The van der Waals surface area contributed by atoms with Gasteiger partial charge >= 0.3 is 30.0 Å². The van der Waals surface area contributed by atoms with E-state index in [-0.39, 0.29) is 38.8 Å². The zero-order valence-electron chi connectivity index (χ0n) is 40.1. The molecule has 69 heavy (non-hydrogen) atoms. The molecule has 1 fully saturated rings. The molecule has 1 aliphatic rings. The van der Waals surface area contributed by atoms with Crippen LogP contribution >= 0.6 is 0 Å². The summed E-state index contributed by atoms with van der Waals surface area (Å²) in [5, 5.41) is 6.10. The summed E-state index contributed by atoms with van der Waals surface area (Å²) in [5.74, 6) is -6.54. The fourth-order valence-corrected chi connectivity index (χ4v) is 7.27. The van der Waals surface area contributed by atoms with Crippen molar-refractivity contribution in [3.63, 3.8) is 0 Å². The number of esters is 3. The summed E-state index contributed by atoms with van der Waals surface area (Å²) in [5.41, 5.74) is 3.82. The van der Waals surface area contributed by atoms with Crippen LogP contribution in [0.15, 0.2) is 91.0 Å². The van der Waals surface area contributed by atoms with Crippen molar-refractivity contribution in [2.24, 2.45) is 11.8 Å². The summed E-state index contributed by atoms with van der Waals surface area (Å²) < 4.78 is 31.5. The predicted molar refractivity (Wildman–Crippen MR) is 249 cm³/mol. The van der Waals surface area contributed by atoms with Gasteiger partial charge in [-0.05, 0) is 69.1 Å². The van der Waals surface area contributed by atoms with E-state index in [0.717, 1.165) is 17.5 Å². The second-order valence-corrected chi connectivity index (χ2v) is 17.7. The maximum Gasteiger partial charge on any atom is 0.426 e. The lowest BCUT2D eigenvalue weighted by atomic mass is 9.89. The molecule has 3 unspecified atom stereocenters. The third kappa shape index (κ3) is 20.1. The van der Waals surface area contributed by atoms with Crippen molar-refractivity contribution in [1.29, 1.82) is 0 Å². The van der Waals surface area contributed by atoms with Gasteiger partial charge in [0.25, 0.3) is 5.91 Å². The predicted octanol–water partition coefficient (Wildman–Crippen LogP) is 4.45. The minimum absolute atomic E-state index is 0.0304. The van der Waals surface area contributed by atoms with E-state index in [4.69, 9.17) is 23.7 Å². The van der Waals surface area contributed by atoms with Gasteiger partial charge in [0.1, 0.15) is 37.0 Å². The smallest absolute Gasteiger partial charge is 0.426 e. The Labute approximate surface area is 402 Å². The summed E-state index contributed by atoms with van der Waals surface area (Å²) in [6.45, 7) is 8.56. The molecule has 4 rings (SSSR count). The molecular formula is C50H65N5O14. The molecule has 0 aliphatic carbocycles. The van der Waals surface area contributed by atoms with Gasteiger partial charge in [-0.2, -0.15) is 0 Å². The maximum atomic E-state index is 15.4. The lowest BCUT2D eigenvalue weighted by Crippen LogP contribution is -2.63. The average Bonchev–Trinajstić information content (AvgIpc) is 3.30. The van der Waals surface area contributed by atoms with Gasteiger partial charge in [-0.15, -0.1) is 0 Å². The first-order valence-corrected chi connectivity index (χ1v) is 22.9. The normalized spacial score (nSPS) is 14.2. The van der Waals surface area contributed by atoms with Gasteiger partial charge in [-0.25, -0.2) is 29.6 Å². The minimum atomic E-state index is -1.47. The van der Waals surface area contributed by atoms with Crippen LogP contribution in [-0.2, 0) is 76.5 Å². The van der Waals surface area contributed by atoms with E-state index in [9.17, 15) is 33.6 Å². The van der Waals surface area contributed by atoms with E-state index in [1.165, 1.54) is 4.90 Å². The van der Waals surface area contributed by atoms with Crippen LogP contribution in [0.1, 0.15) is 71.1 Å². The van der Waals surface area contributed by atoms with Crippen LogP contribution in [0, 0.1) is 11.8 Å². The Morgan fingerprint density at radius 3 is 1.87 bits per heavy atom. The molecule has 0 saturated carbocycles. The van der Waals surface area contributed by atoms with Crippen molar-refractivity contribution in [3.8, 4) is 0 Å². The van der Waals surface area contributed by atoms with Crippen LogP contribution in [0.3, 0.4) is 0 Å². The topological polar surface area (TPSA) is 235 Å². The van der Waals surface area contributed by atoms with Crippen LogP contribution in [0.2, 0.25) is 0 Å². The fourth-order valence-electron chi connectivity index (χ4n) is 7.27. The molecule has 6 amide bonds. The largest absolute Gasteiger partial charge is 0.461 e. The summed E-state index contributed by atoms with van der Waals surface area (Å²) in [6.07, 6.45) is -1.43. The molecular weight excluding hydrogens is 895 g/mol. The molecule has 1 heterocycles. The summed E-state index contributed by atoms with van der Waals surface area (Å²) in [7, 11) is 0. The number of aryl methyl sites for hydroxylation is 1. The Morgan fingerprint density at radius 2 is 1.30 bits per heavy atom. The highest BCUT2D eigenvalue weighted by molar-refractivity contribution is 6.00. The second kappa shape index (κ2) is 27.8. The fraction of sp³-hybridized carbons (Fsp3) is 0.480. The molecule has 1 aliphatic heterocycles. The first-order valence-electron chi connectivity index (χ1n) is 22.9. The number of imide groups is 1. The molecule has 1 saturated heterocycles. The number of hydrazine groups is 1. The Hall–Kier alpha value is -6.86. The average molecular weight is 960 g/mol. The zero-order valence-corrected chi connectivity index (χ0v) is 40.1. The lowest BCUT2D eigenvalue weighted by Gasteiger charge is -2.37. The number of carbonyl (C=O) groups is 8. The van der Waals surface area contributed by atoms with Crippen LogP contribution in [-0.4, -0.2) is 128 Å². The van der Waals surface area contributed by atoms with Gasteiger partial charge in [0, 0.05) is 32.4 Å². The van der Waals surface area contributed by atoms with Crippen LogP contribution < -0.4 is 16.1 Å². The highest BCUT2D eigenvalue weighted by Crippen LogP contribution is 2.25. The number of nitrogens with one attached hydrogen (secondary N) is 3. The van der Waals surface area contributed by atoms with Crippen molar-refractivity contribution >= 4 is 47.8 Å². The second-order valence-electron chi connectivity index (χ2n) is 17.7. The molecule has 4 atom stereocenters. The Morgan fingerprint density at radius 1 is 0.739 bits per heavy atom. The number of benzene rings is 3. The van der Waals surface area contributed by atoms with Gasteiger partial charge in [-0.3, -0.25) is 24.5 Å². The molecule has 0 spiro atoms. The van der Waals surface area contributed by atoms with Gasteiger partial charge in [0.05, 0.1) is 13.2 Å². The molecule has 0 aromatic heterocycles. The van der Waals surface area contributed by atoms with E-state index in [1.807, 2.05) is 48.5 Å². The maximum absolute atomic E-state index is 15.4. The number of ether oxygens (including phenoxy) is 6. The number of urea groups is 1. The van der Waals surface area contributed by atoms with Crippen molar-refractivity contribution < 1.29 is 66.8 Å². The number of carbonyl (C=O) groups excluding carboxylic acids is 8. The number of rotatable bonds is 22. The van der Waals surface area contributed by atoms with E-state index in [2.05, 4.69) is 20.8 Å². The van der Waals surface area contributed by atoms with Gasteiger partial charge < -0.3 is 38.6 Å². The summed E-state index contributed by atoms with van der Waals surface area (Å²) in [6, 6.07) is 23.8. The van der Waals surface area contributed by atoms with Crippen molar-refractivity contribution in [1.82, 2.24) is 26.0 Å². The molecule has 374 valence electrons. The van der Waals surface area contributed by atoms with Crippen molar-refractivity contribution in [3.05, 3.63) is 108 Å². The van der Waals surface area contributed by atoms with Gasteiger partial charge in [0.15, 0.2) is 0 Å². The third-order valence-corrected chi connectivity index (χ3v) is 10.5. The van der Waals surface area contributed by atoms with Crippen molar-refractivity contribution in [2.75, 3.05) is 46.3 Å². The van der Waals surface area contributed by atoms with Crippen LogP contribution in [0.5, 0.6) is 0 Å².